The van der Waals surface area contributed by atoms with E-state index in [4.69, 9.17) is 5.26 Å². The number of nitriles is 1. The second kappa shape index (κ2) is 7.04. The van der Waals surface area contributed by atoms with Crippen molar-refractivity contribution in [3.63, 3.8) is 0 Å². The molecule has 7 heteroatoms. The molecule has 0 aliphatic carbocycles. The van der Waals surface area contributed by atoms with Gasteiger partial charge >= 0.3 is 6.36 Å². The Balaban J connectivity index is 2.15. The number of nitrogens with zero attached hydrogens (tertiary/aromatic N) is 2. The summed E-state index contributed by atoms with van der Waals surface area (Å²) in [6, 6.07) is 13.6. The van der Waals surface area contributed by atoms with Crippen molar-refractivity contribution in [1.29, 1.82) is 5.26 Å². The number of rotatable bonds is 4. The van der Waals surface area contributed by atoms with E-state index in [9.17, 15) is 18.0 Å². The lowest BCUT2D eigenvalue weighted by Gasteiger charge is -2.20. The number of carbonyl (C=O) groups is 1. The molecule has 124 valence electrons. The van der Waals surface area contributed by atoms with Crippen LogP contribution in [0.5, 0.6) is 5.75 Å². The summed E-state index contributed by atoms with van der Waals surface area (Å²) in [4.78, 5) is 13.6. The van der Waals surface area contributed by atoms with Crippen LogP contribution >= 0.6 is 0 Å². The Morgan fingerprint density at radius 1 is 1.17 bits per heavy atom. The molecular weight excluding hydrogens is 321 g/mol. The van der Waals surface area contributed by atoms with Gasteiger partial charge in [-0.2, -0.15) is 5.26 Å². The summed E-state index contributed by atoms with van der Waals surface area (Å²) in [6.07, 6.45) is -4.80. The minimum Gasteiger partial charge on any atom is -0.405 e. The van der Waals surface area contributed by atoms with Crippen LogP contribution in [-0.4, -0.2) is 24.2 Å². The lowest BCUT2D eigenvalue weighted by molar-refractivity contribution is -0.274. The molecule has 24 heavy (non-hydrogen) atoms. The molecule has 0 bridgehead atoms. The number of halogens is 3. The van der Waals surface area contributed by atoms with Gasteiger partial charge in [-0.05, 0) is 30.3 Å². The highest BCUT2D eigenvalue weighted by molar-refractivity contribution is 5.94. The normalized spacial score (nSPS) is 10.8. The lowest BCUT2D eigenvalue weighted by atomic mass is 10.1. The molecule has 0 saturated carbocycles. The van der Waals surface area contributed by atoms with Gasteiger partial charge in [-0.15, -0.1) is 13.2 Å². The van der Waals surface area contributed by atoms with Crippen molar-refractivity contribution < 1.29 is 22.7 Å². The molecule has 0 heterocycles. The van der Waals surface area contributed by atoms with E-state index in [1.807, 2.05) is 6.07 Å². The maximum Gasteiger partial charge on any atom is 0.573 e. The molecule has 0 saturated heterocycles. The van der Waals surface area contributed by atoms with Gasteiger partial charge in [-0.3, -0.25) is 4.79 Å². The summed E-state index contributed by atoms with van der Waals surface area (Å²) >= 11 is 0. The smallest absolute Gasteiger partial charge is 0.405 e. The van der Waals surface area contributed by atoms with Gasteiger partial charge in [0, 0.05) is 24.7 Å². The zero-order valence-corrected chi connectivity index (χ0v) is 12.7. The van der Waals surface area contributed by atoms with Crippen LogP contribution in [0.4, 0.5) is 13.2 Å². The summed E-state index contributed by atoms with van der Waals surface area (Å²) in [7, 11) is 1.48. The van der Waals surface area contributed by atoms with Gasteiger partial charge < -0.3 is 9.64 Å². The van der Waals surface area contributed by atoms with Crippen LogP contribution in [0.3, 0.4) is 0 Å². The molecular formula is C17H13F3N2O2. The van der Waals surface area contributed by atoms with Gasteiger partial charge in [0.15, 0.2) is 0 Å². The van der Waals surface area contributed by atoms with Crippen LogP contribution in [0.2, 0.25) is 0 Å². The van der Waals surface area contributed by atoms with Crippen LogP contribution in [-0.2, 0) is 6.54 Å². The molecule has 1 amide bonds. The Labute approximate surface area is 136 Å². The standard InChI is InChI=1S/C17H13F3N2O2/c1-22(16(23)13-8-6-12(10-21)7-9-13)11-14-4-2-3-5-15(14)24-17(18,19)20/h2-9H,11H2,1H3. The van der Waals surface area contributed by atoms with Crippen molar-refractivity contribution >= 4 is 5.91 Å². The van der Waals surface area contributed by atoms with E-state index >= 15 is 0 Å². The van der Waals surface area contributed by atoms with Gasteiger partial charge in [-0.25, -0.2) is 0 Å². The first kappa shape index (κ1) is 17.3. The van der Waals surface area contributed by atoms with E-state index in [0.29, 0.717) is 11.1 Å². The SMILES string of the molecule is CN(Cc1ccccc1OC(F)(F)F)C(=O)c1ccc(C#N)cc1. The average Bonchev–Trinajstić information content (AvgIpc) is 2.54. The predicted molar refractivity (Wildman–Crippen MR) is 80.1 cm³/mol. The number of benzene rings is 2. The van der Waals surface area contributed by atoms with E-state index in [2.05, 4.69) is 4.74 Å². The highest BCUT2D eigenvalue weighted by Gasteiger charge is 2.32. The first-order valence-corrected chi connectivity index (χ1v) is 6.89. The maximum absolute atomic E-state index is 12.4. The van der Waals surface area contributed by atoms with Crippen molar-refractivity contribution in [2.24, 2.45) is 0 Å². The average molecular weight is 334 g/mol. The zero-order chi connectivity index (χ0) is 17.7. The van der Waals surface area contributed by atoms with Gasteiger partial charge in [0.1, 0.15) is 5.75 Å². The number of amides is 1. The number of carbonyl (C=O) groups excluding carboxylic acids is 1. The minimum atomic E-state index is -4.80. The third kappa shape index (κ3) is 4.49. The summed E-state index contributed by atoms with van der Waals surface area (Å²) in [5.41, 5.74) is 0.989. The number of alkyl halides is 3. The molecule has 2 aromatic carbocycles. The van der Waals surface area contributed by atoms with E-state index in [1.165, 1.54) is 54.4 Å². The van der Waals surface area contributed by atoms with Crippen molar-refractivity contribution in [3.8, 4) is 11.8 Å². The molecule has 0 fully saturated rings. The first-order valence-electron chi connectivity index (χ1n) is 6.89. The number of hydrogen-bond donors (Lipinski definition) is 0. The van der Waals surface area contributed by atoms with E-state index < -0.39 is 6.36 Å². The van der Waals surface area contributed by atoms with Crippen molar-refractivity contribution in [2.75, 3.05) is 7.05 Å². The number of ether oxygens (including phenoxy) is 1. The van der Waals surface area contributed by atoms with Crippen molar-refractivity contribution in [3.05, 3.63) is 65.2 Å². The third-order valence-electron chi connectivity index (χ3n) is 3.21. The Bertz CT molecular complexity index is 765. The Morgan fingerprint density at radius 3 is 2.38 bits per heavy atom. The van der Waals surface area contributed by atoms with E-state index in [-0.39, 0.29) is 23.8 Å². The zero-order valence-electron chi connectivity index (χ0n) is 12.7. The molecule has 0 radical (unpaired) electrons. The summed E-state index contributed by atoms with van der Waals surface area (Å²) in [6.45, 7) is -0.0505. The quantitative estimate of drug-likeness (QED) is 0.856. The second-order valence-electron chi connectivity index (χ2n) is 5.01. The molecule has 4 nitrogen and oxygen atoms in total. The fourth-order valence-corrected chi connectivity index (χ4v) is 2.09. The molecule has 0 aromatic heterocycles. The number of para-hydroxylation sites is 1. The lowest BCUT2D eigenvalue weighted by Crippen LogP contribution is -2.27. The topological polar surface area (TPSA) is 53.3 Å². The van der Waals surface area contributed by atoms with Gasteiger partial charge in [0.25, 0.3) is 5.91 Å². The second-order valence-corrected chi connectivity index (χ2v) is 5.01. The Kier molecular flexibility index (Phi) is 5.09. The minimum absolute atomic E-state index is 0.0505. The first-order chi connectivity index (χ1) is 11.3. The van der Waals surface area contributed by atoms with Crippen LogP contribution < -0.4 is 4.74 Å². The highest BCUT2D eigenvalue weighted by atomic mass is 19.4. The van der Waals surface area contributed by atoms with Crippen LogP contribution in [0, 0.1) is 11.3 Å². The van der Waals surface area contributed by atoms with Gasteiger partial charge in [0.2, 0.25) is 0 Å². The van der Waals surface area contributed by atoms with Gasteiger partial charge in [-0.1, -0.05) is 18.2 Å². The molecule has 0 atom stereocenters. The summed E-state index contributed by atoms with van der Waals surface area (Å²) in [5, 5.41) is 8.74. The molecule has 0 N–H and O–H groups in total. The predicted octanol–water partition coefficient (Wildman–Crippen LogP) is 3.73. The van der Waals surface area contributed by atoms with Crippen molar-refractivity contribution in [1.82, 2.24) is 4.90 Å². The van der Waals surface area contributed by atoms with E-state index in [0.717, 1.165) is 0 Å². The van der Waals surface area contributed by atoms with Gasteiger partial charge in [0.05, 0.1) is 11.6 Å². The van der Waals surface area contributed by atoms with Crippen LogP contribution in [0.1, 0.15) is 21.5 Å². The molecule has 0 aliphatic heterocycles. The number of hydrogen-bond acceptors (Lipinski definition) is 3. The maximum atomic E-state index is 12.4. The largest absolute Gasteiger partial charge is 0.573 e. The summed E-state index contributed by atoms with van der Waals surface area (Å²) < 4.78 is 41.2. The Hall–Kier alpha value is -3.01. The van der Waals surface area contributed by atoms with Crippen LogP contribution in [0.25, 0.3) is 0 Å². The molecule has 0 spiro atoms. The molecule has 0 unspecified atom stereocenters. The summed E-state index contributed by atoms with van der Waals surface area (Å²) in [5.74, 6) is -0.717. The highest BCUT2D eigenvalue weighted by Crippen LogP contribution is 2.27. The van der Waals surface area contributed by atoms with Crippen molar-refractivity contribution in [2.45, 2.75) is 12.9 Å². The van der Waals surface area contributed by atoms with Crippen LogP contribution in [0.15, 0.2) is 48.5 Å². The fourth-order valence-electron chi connectivity index (χ4n) is 2.09. The monoisotopic (exact) mass is 334 g/mol. The third-order valence-corrected chi connectivity index (χ3v) is 3.21. The fraction of sp³-hybridized carbons (Fsp3) is 0.176. The molecule has 0 aliphatic rings. The Morgan fingerprint density at radius 2 is 1.79 bits per heavy atom. The molecule has 2 aromatic rings. The molecule has 2 rings (SSSR count). The van der Waals surface area contributed by atoms with E-state index in [1.54, 1.807) is 6.07 Å².